The number of nitrogens with two attached hydrogens (primary N) is 1. The molecule has 1 saturated carbocycles. The van der Waals surface area contributed by atoms with Crippen LogP contribution in [0.25, 0.3) is 0 Å². The van der Waals surface area contributed by atoms with E-state index in [4.69, 9.17) is 10.5 Å². The average molecular weight is 269 g/mol. The van der Waals surface area contributed by atoms with Crippen LogP contribution in [0.3, 0.4) is 0 Å². The van der Waals surface area contributed by atoms with Crippen LogP contribution in [0.4, 0.5) is 0 Å². The SMILES string of the molecule is NCCCCC(C(=O)O)C1CCOC2(CCCC2)C1. The fourth-order valence-corrected chi connectivity index (χ4v) is 3.85. The minimum absolute atomic E-state index is 0.0183. The molecule has 2 atom stereocenters. The Morgan fingerprint density at radius 1 is 1.37 bits per heavy atom. The maximum Gasteiger partial charge on any atom is 0.306 e. The van der Waals surface area contributed by atoms with Crippen LogP contribution in [0.5, 0.6) is 0 Å². The van der Waals surface area contributed by atoms with Crippen molar-refractivity contribution >= 4 is 5.97 Å². The Hall–Kier alpha value is -0.610. The van der Waals surface area contributed by atoms with E-state index in [2.05, 4.69) is 0 Å². The average Bonchev–Trinajstić information content (AvgIpc) is 2.82. The van der Waals surface area contributed by atoms with Crippen LogP contribution in [0.15, 0.2) is 0 Å². The van der Waals surface area contributed by atoms with E-state index in [-0.39, 0.29) is 11.5 Å². The van der Waals surface area contributed by atoms with Gasteiger partial charge in [-0.05, 0) is 51.0 Å². The Kier molecular flexibility index (Phi) is 5.22. The molecule has 19 heavy (non-hydrogen) atoms. The van der Waals surface area contributed by atoms with E-state index in [0.717, 1.165) is 51.6 Å². The van der Waals surface area contributed by atoms with Crippen molar-refractivity contribution in [2.45, 2.75) is 63.4 Å². The van der Waals surface area contributed by atoms with E-state index in [9.17, 15) is 9.90 Å². The van der Waals surface area contributed by atoms with Gasteiger partial charge in [0.05, 0.1) is 11.5 Å². The van der Waals surface area contributed by atoms with Crippen LogP contribution in [0, 0.1) is 11.8 Å². The van der Waals surface area contributed by atoms with Crippen molar-refractivity contribution in [2.75, 3.05) is 13.2 Å². The lowest BCUT2D eigenvalue weighted by atomic mass is 9.76. The van der Waals surface area contributed by atoms with Crippen molar-refractivity contribution in [2.24, 2.45) is 17.6 Å². The molecule has 1 aliphatic heterocycles. The third-order valence-electron chi connectivity index (χ3n) is 4.90. The molecular weight excluding hydrogens is 242 g/mol. The number of carboxylic acid groups (broad SMARTS) is 1. The third kappa shape index (κ3) is 3.69. The summed E-state index contributed by atoms with van der Waals surface area (Å²) in [5, 5.41) is 9.48. The van der Waals surface area contributed by atoms with Crippen LogP contribution in [-0.4, -0.2) is 29.8 Å². The highest BCUT2D eigenvalue weighted by Gasteiger charge is 2.43. The molecule has 2 fully saturated rings. The molecule has 1 spiro atoms. The van der Waals surface area contributed by atoms with Gasteiger partial charge in [-0.15, -0.1) is 0 Å². The number of carboxylic acids is 1. The van der Waals surface area contributed by atoms with E-state index < -0.39 is 5.97 Å². The number of hydrogen-bond donors (Lipinski definition) is 2. The Morgan fingerprint density at radius 3 is 2.74 bits per heavy atom. The molecule has 0 bridgehead atoms. The first kappa shape index (κ1) is 14.8. The first-order chi connectivity index (χ1) is 9.17. The summed E-state index contributed by atoms with van der Waals surface area (Å²) < 4.78 is 6.00. The van der Waals surface area contributed by atoms with Gasteiger partial charge in [-0.25, -0.2) is 0 Å². The van der Waals surface area contributed by atoms with E-state index in [0.29, 0.717) is 12.5 Å². The van der Waals surface area contributed by atoms with Crippen LogP contribution in [0.2, 0.25) is 0 Å². The molecule has 0 radical (unpaired) electrons. The fourth-order valence-electron chi connectivity index (χ4n) is 3.85. The molecule has 1 aliphatic carbocycles. The van der Waals surface area contributed by atoms with Crippen molar-refractivity contribution in [1.82, 2.24) is 0 Å². The molecule has 2 aliphatic rings. The largest absolute Gasteiger partial charge is 0.481 e. The Morgan fingerprint density at radius 2 is 2.11 bits per heavy atom. The normalized spacial score (nSPS) is 27.5. The van der Waals surface area contributed by atoms with E-state index in [1.165, 1.54) is 12.8 Å². The zero-order valence-corrected chi connectivity index (χ0v) is 11.8. The molecule has 0 aromatic carbocycles. The Labute approximate surface area is 115 Å². The van der Waals surface area contributed by atoms with Crippen molar-refractivity contribution in [3.8, 4) is 0 Å². The Balaban J connectivity index is 1.94. The van der Waals surface area contributed by atoms with Crippen LogP contribution in [-0.2, 0) is 9.53 Å². The lowest BCUT2D eigenvalue weighted by Crippen LogP contribution is -2.41. The number of hydrogen-bond acceptors (Lipinski definition) is 3. The molecule has 1 saturated heterocycles. The summed E-state index contributed by atoms with van der Waals surface area (Å²) in [6, 6.07) is 0. The summed E-state index contributed by atoms with van der Waals surface area (Å²) in [5.74, 6) is -0.535. The smallest absolute Gasteiger partial charge is 0.306 e. The molecule has 2 unspecified atom stereocenters. The molecule has 4 heteroatoms. The molecule has 4 nitrogen and oxygen atoms in total. The van der Waals surface area contributed by atoms with Gasteiger partial charge in [0, 0.05) is 6.61 Å². The summed E-state index contributed by atoms with van der Waals surface area (Å²) in [6.07, 6.45) is 9.20. The topological polar surface area (TPSA) is 72.6 Å². The molecule has 2 rings (SSSR count). The lowest BCUT2D eigenvalue weighted by molar-refractivity contribution is -0.150. The van der Waals surface area contributed by atoms with Crippen molar-refractivity contribution in [3.63, 3.8) is 0 Å². The van der Waals surface area contributed by atoms with Crippen molar-refractivity contribution < 1.29 is 14.6 Å². The predicted octanol–water partition coefficient (Wildman–Crippen LogP) is 2.56. The van der Waals surface area contributed by atoms with Gasteiger partial charge in [-0.3, -0.25) is 4.79 Å². The first-order valence-electron chi connectivity index (χ1n) is 7.74. The number of unbranched alkanes of at least 4 members (excludes halogenated alkanes) is 1. The maximum absolute atomic E-state index is 11.5. The molecule has 0 amide bonds. The minimum Gasteiger partial charge on any atom is -0.481 e. The van der Waals surface area contributed by atoms with Crippen molar-refractivity contribution in [1.29, 1.82) is 0 Å². The van der Waals surface area contributed by atoms with Gasteiger partial charge in [-0.1, -0.05) is 19.3 Å². The lowest BCUT2D eigenvalue weighted by Gasteiger charge is -2.40. The van der Waals surface area contributed by atoms with Crippen LogP contribution in [0.1, 0.15) is 57.8 Å². The summed E-state index contributed by atoms with van der Waals surface area (Å²) in [4.78, 5) is 11.5. The van der Waals surface area contributed by atoms with Gasteiger partial charge in [0.25, 0.3) is 0 Å². The molecule has 0 aromatic heterocycles. The Bertz CT molecular complexity index is 300. The highest BCUT2D eigenvalue weighted by atomic mass is 16.5. The van der Waals surface area contributed by atoms with Gasteiger partial charge in [0.15, 0.2) is 0 Å². The number of aliphatic carboxylic acids is 1. The van der Waals surface area contributed by atoms with Crippen LogP contribution < -0.4 is 5.73 Å². The maximum atomic E-state index is 11.5. The summed E-state index contributed by atoms with van der Waals surface area (Å²) in [5.41, 5.74) is 5.51. The second kappa shape index (κ2) is 6.71. The van der Waals surface area contributed by atoms with Gasteiger partial charge >= 0.3 is 5.97 Å². The molecule has 110 valence electrons. The van der Waals surface area contributed by atoms with Gasteiger partial charge in [0.2, 0.25) is 0 Å². The highest BCUT2D eigenvalue weighted by molar-refractivity contribution is 5.70. The van der Waals surface area contributed by atoms with E-state index >= 15 is 0 Å². The number of ether oxygens (including phenoxy) is 1. The summed E-state index contributed by atoms with van der Waals surface area (Å²) in [7, 11) is 0. The minimum atomic E-state index is -0.628. The molecular formula is C15H27NO3. The zero-order chi connectivity index (χ0) is 13.7. The second-order valence-electron chi connectivity index (χ2n) is 6.22. The predicted molar refractivity (Wildman–Crippen MR) is 73.9 cm³/mol. The van der Waals surface area contributed by atoms with Gasteiger partial charge in [-0.2, -0.15) is 0 Å². The molecule has 0 aromatic rings. The molecule has 3 N–H and O–H groups in total. The van der Waals surface area contributed by atoms with Crippen molar-refractivity contribution in [3.05, 3.63) is 0 Å². The molecule has 1 heterocycles. The standard InChI is InChI=1S/C15H27NO3/c16-9-4-1-5-13(14(17)18)12-6-10-19-15(11-12)7-2-3-8-15/h12-13H,1-11,16H2,(H,17,18). The van der Waals surface area contributed by atoms with Gasteiger partial charge < -0.3 is 15.6 Å². The third-order valence-corrected chi connectivity index (χ3v) is 4.90. The fraction of sp³-hybridized carbons (Fsp3) is 0.933. The first-order valence-corrected chi connectivity index (χ1v) is 7.74. The quantitative estimate of drug-likeness (QED) is 0.727. The zero-order valence-electron chi connectivity index (χ0n) is 11.8. The van der Waals surface area contributed by atoms with E-state index in [1.54, 1.807) is 0 Å². The van der Waals surface area contributed by atoms with Gasteiger partial charge in [0.1, 0.15) is 0 Å². The number of carbonyl (C=O) groups is 1. The number of rotatable bonds is 6. The van der Waals surface area contributed by atoms with Crippen LogP contribution >= 0.6 is 0 Å². The second-order valence-corrected chi connectivity index (χ2v) is 6.22. The highest BCUT2D eigenvalue weighted by Crippen LogP contribution is 2.44. The monoisotopic (exact) mass is 269 g/mol. The summed E-state index contributed by atoms with van der Waals surface area (Å²) >= 11 is 0. The summed E-state index contributed by atoms with van der Waals surface area (Å²) in [6.45, 7) is 1.40. The van der Waals surface area contributed by atoms with E-state index in [1.807, 2.05) is 0 Å².